The third-order valence-corrected chi connectivity index (χ3v) is 2.60. The fraction of sp³-hybridized carbons (Fsp3) is 0.231. The van der Waals surface area contributed by atoms with Crippen LogP contribution in [-0.4, -0.2) is 22.4 Å². The molecule has 0 saturated heterocycles. The maximum Gasteiger partial charge on any atom is 0.254 e. The van der Waals surface area contributed by atoms with E-state index in [1.165, 1.54) is 0 Å². The van der Waals surface area contributed by atoms with Gasteiger partial charge in [-0.1, -0.05) is 0 Å². The number of nitrogens with one attached hydrogen (secondary N) is 2. The van der Waals surface area contributed by atoms with Gasteiger partial charge in [-0.05, 0) is 24.6 Å². The van der Waals surface area contributed by atoms with E-state index in [4.69, 9.17) is 0 Å². The summed E-state index contributed by atoms with van der Waals surface area (Å²) in [5.41, 5.74) is -0.280. The molecule has 100 valence electrons. The number of rotatable bonds is 5. The van der Waals surface area contributed by atoms with E-state index in [0.717, 1.165) is 24.0 Å². The Balaban J connectivity index is 1.82. The number of aromatic nitrogens is 2. The van der Waals surface area contributed by atoms with E-state index < -0.39 is 17.5 Å². The van der Waals surface area contributed by atoms with Gasteiger partial charge in [0, 0.05) is 25.4 Å². The van der Waals surface area contributed by atoms with E-state index >= 15 is 0 Å². The summed E-state index contributed by atoms with van der Waals surface area (Å²) in [7, 11) is 0. The van der Waals surface area contributed by atoms with Gasteiger partial charge in [0.2, 0.25) is 0 Å². The molecule has 0 aliphatic heterocycles. The molecule has 0 bridgehead atoms. The highest BCUT2D eigenvalue weighted by atomic mass is 19.1. The van der Waals surface area contributed by atoms with E-state index in [2.05, 4.69) is 15.3 Å². The molecule has 0 saturated carbocycles. The second kappa shape index (κ2) is 6.08. The quantitative estimate of drug-likeness (QED) is 0.813. The number of benzene rings is 1. The number of hydrogen-bond donors (Lipinski definition) is 2. The first-order valence-corrected chi connectivity index (χ1v) is 5.88. The maximum atomic E-state index is 13.3. The molecular weight excluding hydrogens is 252 g/mol. The number of hydrogen-bond acceptors (Lipinski definition) is 2. The summed E-state index contributed by atoms with van der Waals surface area (Å²) in [6.07, 6.45) is 4.71. The summed E-state index contributed by atoms with van der Waals surface area (Å²) in [6.45, 7) is 0.371. The average molecular weight is 265 g/mol. The minimum Gasteiger partial charge on any atom is -0.352 e. The first kappa shape index (κ1) is 13.2. The Morgan fingerprint density at radius 2 is 2.21 bits per heavy atom. The number of carbonyl (C=O) groups excluding carboxylic acids is 1. The van der Waals surface area contributed by atoms with Crippen LogP contribution in [0.25, 0.3) is 0 Å². The summed E-state index contributed by atoms with van der Waals surface area (Å²) in [4.78, 5) is 18.6. The molecule has 0 unspecified atom stereocenters. The molecule has 0 spiro atoms. The molecule has 0 atom stereocenters. The number of aryl methyl sites for hydroxylation is 1. The zero-order valence-corrected chi connectivity index (χ0v) is 10.1. The van der Waals surface area contributed by atoms with E-state index in [0.29, 0.717) is 19.4 Å². The monoisotopic (exact) mass is 265 g/mol. The SMILES string of the molecule is O=C(NCCCc1ncc[nH]1)c1cc(F)ccc1F. The Morgan fingerprint density at radius 3 is 2.95 bits per heavy atom. The molecule has 0 aliphatic carbocycles. The van der Waals surface area contributed by atoms with Gasteiger partial charge in [0.25, 0.3) is 5.91 Å². The van der Waals surface area contributed by atoms with Crippen LogP contribution >= 0.6 is 0 Å². The zero-order chi connectivity index (χ0) is 13.7. The van der Waals surface area contributed by atoms with Crippen LogP contribution < -0.4 is 5.32 Å². The summed E-state index contributed by atoms with van der Waals surface area (Å²) >= 11 is 0. The number of nitrogens with zero attached hydrogens (tertiary/aromatic N) is 1. The topological polar surface area (TPSA) is 57.8 Å². The third kappa shape index (κ3) is 3.61. The molecule has 2 N–H and O–H groups in total. The van der Waals surface area contributed by atoms with E-state index in [-0.39, 0.29) is 5.56 Å². The average Bonchev–Trinajstić information content (AvgIpc) is 2.90. The van der Waals surface area contributed by atoms with Gasteiger partial charge in [-0.2, -0.15) is 0 Å². The van der Waals surface area contributed by atoms with Crippen molar-refractivity contribution >= 4 is 5.91 Å². The largest absolute Gasteiger partial charge is 0.352 e. The minimum absolute atomic E-state index is 0.280. The molecule has 1 amide bonds. The summed E-state index contributed by atoms with van der Waals surface area (Å²) < 4.78 is 26.2. The van der Waals surface area contributed by atoms with Gasteiger partial charge in [-0.15, -0.1) is 0 Å². The van der Waals surface area contributed by atoms with Crippen molar-refractivity contribution < 1.29 is 13.6 Å². The van der Waals surface area contributed by atoms with Gasteiger partial charge in [-0.3, -0.25) is 4.79 Å². The number of H-pyrrole nitrogens is 1. The molecule has 2 aromatic rings. The lowest BCUT2D eigenvalue weighted by molar-refractivity contribution is 0.0948. The number of imidazole rings is 1. The first-order valence-electron chi connectivity index (χ1n) is 5.88. The standard InChI is InChI=1S/C13H13F2N3O/c14-9-3-4-11(15)10(8-9)13(19)18-5-1-2-12-16-6-7-17-12/h3-4,6-8H,1-2,5H2,(H,16,17)(H,18,19). The second-order valence-corrected chi connectivity index (χ2v) is 4.02. The molecule has 0 aliphatic rings. The van der Waals surface area contributed by atoms with Crippen molar-refractivity contribution in [2.45, 2.75) is 12.8 Å². The van der Waals surface area contributed by atoms with Crippen LogP contribution in [0.4, 0.5) is 8.78 Å². The molecule has 1 aromatic carbocycles. The number of amides is 1. The van der Waals surface area contributed by atoms with Crippen LogP contribution in [0.3, 0.4) is 0 Å². The molecule has 6 heteroatoms. The molecule has 1 aromatic heterocycles. The fourth-order valence-electron chi connectivity index (χ4n) is 1.66. The zero-order valence-electron chi connectivity index (χ0n) is 10.1. The van der Waals surface area contributed by atoms with Crippen LogP contribution in [-0.2, 0) is 6.42 Å². The van der Waals surface area contributed by atoms with Crippen molar-refractivity contribution in [2.24, 2.45) is 0 Å². The van der Waals surface area contributed by atoms with Crippen LogP contribution in [0.1, 0.15) is 22.6 Å². The van der Waals surface area contributed by atoms with E-state index in [9.17, 15) is 13.6 Å². The van der Waals surface area contributed by atoms with Crippen LogP contribution in [0.5, 0.6) is 0 Å². The van der Waals surface area contributed by atoms with Crippen molar-refractivity contribution in [1.82, 2.24) is 15.3 Å². The second-order valence-electron chi connectivity index (χ2n) is 4.02. The Morgan fingerprint density at radius 1 is 1.37 bits per heavy atom. The number of carbonyl (C=O) groups is 1. The summed E-state index contributed by atoms with van der Waals surface area (Å²) in [5, 5.41) is 2.54. The lowest BCUT2D eigenvalue weighted by atomic mass is 10.2. The molecule has 0 radical (unpaired) electrons. The first-order chi connectivity index (χ1) is 9.16. The Kier molecular flexibility index (Phi) is 4.22. The van der Waals surface area contributed by atoms with E-state index in [1.807, 2.05) is 0 Å². The molecule has 1 heterocycles. The van der Waals surface area contributed by atoms with Gasteiger partial charge in [0.15, 0.2) is 0 Å². The highest BCUT2D eigenvalue weighted by molar-refractivity contribution is 5.94. The fourth-order valence-corrected chi connectivity index (χ4v) is 1.66. The smallest absolute Gasteiger partial charge is 0.254 e. The summed E-state index contributed by atoms with van der Waals surface area (Å²) in [5.74, 6) is -1.16. The molecule has 0 fully saturated rings. The van der Waals surface area contributed by atoms with Crippen molar-refractivity contribution in [2.75, 3.05) is 6.54 Å². The maximum absolute atomic E-state index is 13.3. The van der Waals surface area contributed by atoms with Gasteiger partial charge in [0.1, 0.15) is 17.5 Å². The van der Waals surface area contributed by atoms with Crippen LogP contribution in [0.15, 0.2) is 30.6 Å². The third-order valence-electron chi connectivity index (χ3n) is 2.60. The van der Waals surface area contributed by atoms with E-state index in [1.54, 1.807) is 12.4 Å². The van der Waals surface area contributed by atoms with Gasteiger partial charge in [0.05, 0.1) is 5.56 Å². The predicted octanol–water partition coefficient (Wildman–Crippen LogP) is 2.05. The summed E-state index contributed by atoms with van der Waals surface area (Å²) in [6, 6.07) is 2.80. The van der Waals surface area contributed by atoms with Crippen molar-refractivity contribution in [1.29, 1.82) is 0 Å². The number of aromatic amines is 1. The van der Waals surface area contributed by atoms with Gasteiger partial charge >= 0.3 is 0 Å². The lowest BCUT2D eigenvalue weighted by Crippen LogP contribution is -2.25. The van der Waals surface area contributed by atoms with Crippen molar-refractivity contribution in [3.05, 3.63) is 53.6 Å². The highest BCUT2D eigenvalue weighted by Crippen LogP contribution is 2.09. The van der Waals surface area contributed by atoms with Crippen molar-refractivity contribution in [3.8, 4) is 0 Å². The number of halogens is 2. The Bertz CT molecular complexity index is 555. The van der Waals surface area contributed by atoms with Crippen molar-refractivity contribution in [3.63, 3.8) is 0 Å². The lowest BCUT2D eigenvalue weighted by Gasteiger charge is -2.05. The van der Waals surface area contributed by atoms with Gasteiger partial charge in [-0.25, -0.2) is 13.8 Å². The molecular formula is C13H13F2N3O. The van der Waals surface area contributed by atoms with Crippen LogP contribution in [0, 0.1) is 11.6 Å². The molecule has 2 rings (SSSR count). The molecule has 4 nitrogen and oxygen atoms in total. The Labute approximate surface area is 108 Å². The Hall–Kier alpha value is -2.24. The normalized spacial score (nSPS) is 10.4. The van der Waals surface area contributed by atoms with Gasteiger partial charge < -0.3 is 10.3 Å². The minimum atomic E-state index is -0.732. The highest BCUT2D eigenvalue weighted by Gasteiger charge is 2.12. The predicted molar refractivity (Wildman–Crippen MR) is 65.6 cm³/mol. The molecule has 19 heavy (non-hydrogen) atoms. The van der Waals surface area contributed by atoms with Crippen LogP contribution in [0.2, 0.25) is 0 Å².